The second-order valence-electron chi connectivity index (χ2n) is 6.55. The Morgan fingerprint density at radius 1 is 1.12 bits per heavy atom. The largest absolute Gasteiger partial charge is 0.372 e. The second-order valence-corrected chi connectivity index (χ2v) is 8.53. The monoisotopic (exact) mass is 369 g/mol. The number of rotatable bonds is 10. The maximum atomic E-state index is 12.2. The lowest BCUT2D eigenvalue weighted by Crippen LogP contribution is -2.38. The van der Waals surface area contributed by atoms with E-state index in [2.05, 4.69) is 24.1 Å². The van der Waals surface area contributed by atoms with Gasteiger partial charge in [0, 0.05) is 31.0 Å². The highest BCUT2D eigenvalue weighted by Gasteiger charge is 2.20. The van der Waals surface area contributed by atoms with Gasteiger partial charge in [0.25, 0.3) is 0 Å². The van der Waals surface area contributed by atoms with Gasteiger partial charge >= 0.3 is 0 Å². The van der Waals surface area contributed by atoms with Crippen molar-refractivity contribution < 1.29 is 13.2 Å². The van der Waals surface area contributed by atoms with Crippen LogP contribution in [0.2, 0.25) is 0 Å². The van der Waals surface area contributed by atoms with E-state index in [1.54, 1.807) is 0 Å². The number of nitrogens with one attached hydrogen (secondary N) is 1. The summed E-state index contributed by atoms with van der Waals surface area (Å²) in [5.74, 6) is 0.0460. The molecule has 0 aliphatic rings. The third kappa shape index (κ3) is 7.44. The molecule has 0 bridgehead atoms. The first kappa shape index (κ1) is 21.4. The Morgan fingerprint density at radius 3 is 2.12 bits per heavy atom. The predicted molar refractivity (Wildman–Crippen MR) is 105 cm³/mol. The van der Waals surface area contributed by atoms with Crippen molar-refractivity contribution in [2.24, 2.45) is 5.92 Å². The molecule has 25 heavy (non-hydrogen) atoms. The van der Waals surface area contributed by atoms with Crippen LogP contribution in [0.25, 0.3) is 0 Å². The molecule has 1 aromatic carbocycles. The van der Waals surface area contributed by atoms with E-state index in [4.69, 9.17) is 0 Å². The molecule has 0 spiro atoms. The molecular formula is C18H31N3O3S. The fraction of sp³-hybridized carbons (Fsp3) is 0.611. The Bertz CT molecular complexity index is 638. The van der Waals surface area contributed by atoms with Gasteiger partial charge in [0.2, 0.25) is 15.9 Å². The molecule has 7 heteroatoms. The van der Waals surface area contributed by atoms with Crippen LogP contribution in [0.15, 0.2) is 24.3 Å². The van der Waals surface area contributed by atoms with E-state index in [-0.39, 0.29) is 12.5 Å². The normalized spacial score (nSPS) is 11.8. The Kier molecular flexibility index (Phi) is 8.38. The third-order valence-electron chi connectivity index (χ3n) is 4.02. The Morgan fingerprint density at radius 2 is 1.68 bits per heavy atom. The average molecular weight is 370 g/mol. The minimum atomic E-state index is -3.41. The minimum absolute atomic E-state index is 0.163. The van der Waals surface area contributed by atoms with Gasteiger partial charge < -0.3 is 10.2 Å². The van der Waals surface area contributed by atoms with Crippen LogP contribution in [0.3, 0.4) is 0 Å². The van der Waals surface area contributed by atoms with Crippen molar-refractivity contribution in [1.82, 2.24) is 4.31 Å². The summed E-state index contributed by atoms with van der Waals surface area (Å²) >= 11 is 0. The molecule has 6 nitrogen and oxygen atoms in total. The van der Waals surface area contributed by atoms with Gasteiger partial charge in [0.1, 0.15) is 0 Å². The van der Waals surface area contributed by atoms with Gasteiger partial charge in [-0.3, -0.25) is 4.79 Å². The SMILES string of the molecule is CCN(CC)c1ccc(NC(=O)CN(CCC(C)C)S(C)(=O)=O)cc1. The van der Waals surface area contributed by atoms with Crippen LogP contribution in [-0.4, -0.2) is 51.1 Å². The number of sulfonamides is 1. The molecule has 1 N–H and O–H groups in total. The molecule has 1 aromatic rings. The highest BCUT2D eigenvalue weighted by molar-refractivity contribution is 7.88. The molecule has 1 rings (SSSR count). The number of nitrogens with zero attached hydrogens (tertiary/aromatic N) is 2. The van der Waals surface area contributed by atoms with Crippen molar-refractivity contribution in [2.75, 3.05) is 42.7 Å². The number of carbonyl (C=O) groups is 1. The van der Waals surface area contributed by atoms with Crippen molar-refractivity contribution in [3.05, 3.63) is 24.3 Å². The maximum Gasteiger partial charge on any atom is 0.239 e. The Balaban J connectivity index is 2.70. The van der Waals surface area contributed by atoms with E-state index in [0.29, 0.717) is 18.2 Å². The van der Waals surface area contributed by atoms with Crippen LogP contribution in [0.5, 0.6) is 0 Å². The number of amides is 1. The first-order valence-electron chi connectivity index (χ1n) is 8.77. The quantitative estimate of drug-likeness (QED) is 0.688. The van der Waals surface area contributed by atoms with Gasteiger partial charge in [0.05, 0.1) is 12.8 Å². The molecule has 0 fully saturated rings. The molecule has 0 radical (unpaired) electrons. The van der Waals surface area contributed by atoms with E-state index in [1.807, 2.05) is 38.1 Å². The smallest absolute Gasteiger partial charge is 0.239 e. The number of hydrogen-bond donors (Lipinski definition) is 1. The molecule has 0 saturated carbocycles. The summed E-state index contributed by atoms with van der Waals surface area (Å²) in [6.07, 6.45) is 1.86. The topological polar surface area (TPSA) is 69.7 Å². The molecule has 0 aromatic heterocycles. The Labute approximate surface area is 152 Å². The van der Waals surface area contributed by atoms with Crippen molar-refractivity contribution in [2.45, 2.75) is 34.1 Å². The second kappa shape index (κ2) is 9.77. The zero-order valence-corrected chi connectivity index (χ0v) is 16.8. The Hall–Kier alpha value is -1.60. The summed E-state index contributed by atoms with van der Waals surface area (Å²) in [6.45, 7) is 10.3. The summed E-state index contributed by atoms with van der Waals surface area (Å²) in [4.78, 5) is 14.4. The number of hydrogen-bond acceptors (Lipinski definition) is 4. The van der Waals surface area contributed by atoms with Crippen molar-refractivity contribution >= 4 is 27.3 Å². The standard InChI is InChI=1S/C18H31N3O3S/c1-6-20(7-2)17-10-8-16(9-11-17)19-18(22)14-21(25(5,23)24)13-12-15(3)4/h8-11,15H,6-7,12-14H2,1-5H3,(H,19,22). The summed E-state index contributed by atoms with van der Waals surface area (Å²) in [6, 6.07) is 7.58. The van der Waals surface area contributed by atoms with E-state index in [9.17, 15) is 13.2 Å². The van der Waals surface area contributed by atoms with Gasteiger partial charge in [-0.1, -0.05) is 13.8 Å². The fourth-order valence-corrected chi connectivity index (χ4v) is 3.26. The average Bonchev–Trinajstić information content (AvgIpc) is 2.53. The van der Waals surface area contributed by atoms with Crippen molar-refractivity contribution in [1.29, 1.82) is 0 Å². The molecule has 1 amide bonds. The summed E-state index contributed by atoms with van der Waals surface area (Å²) in [5, 5.41) is 2.77. The van der Waals surface area contributed by atoms with Gasteiger partial charge in [-0.15, -0.1) is 0 Å². The van der Waals surface area contributed by atoms with Crippen LogP contribution in [0.1, 0.15) is 34.1 Å². The molecule has 0 aliphatic carbocycles. The van der Waals surface area contributed by atoms with Gasteiger partial charge in [0.15, 0.2) is 0 Å². The molecule has 0 aliphatic heterocycles. The van der Waals surface area contributed by atoms with E-state index < -0.39 is 10.0 Å². The molecule has 0 atom stereocenters. The van der Waals surface area contributed by atoms with Crippen molar-refractivity contribution in [3.8, 4) is 0 Å². The molecule has 0 unspecified atom stereocenters. The van der Waals surface area contributed by atoms with Crippen LogP contribution < -0.4 is 10.2 Å². The lowest BCUT2D eigenvalue weighted by Gasteiger charge is -2.22. The van der Waals surface area contributed by atoms with Crippen LogP contribution in [0.4, 0.5) is 11.4 Å². The number of carbonyl (C=O) groups excluding carboxylic acids is 1. The lowest BCUT2D eigenvalue weighted by molar-refractivity contribution is -0.116. The summed E-state index contributed by atoms with van der Waals surface area (Å²) in [7, 11) is -3.41. The minimum Gasteiger partial charge on any atom is -0.372 e. The van der Waals surface area contributed by atoms with E-state index >= 15 is 0 Å². The van der Waals surface area contributed by atoms with Crippen LogP contribution in [0, 0.1) is 5.92 Å². The summed E-state index contributed by atoms with van der Waals surface area (Å²) < 4.78 is 24.9. The van der Waals surface area contributed by atoms with Gasteiger partial charge in [-0.25, -0.2) is 8.42 Å². The third-order valence-corrected chi connectivity index (χ3v) is 5.27. The zero-order valence-electron chi connectivity index (χ0n) is 15.9. The van der Waals surface area contributed by atoms with E-state index in [1.165, 1.54) is 4.31 Å². The number of anilines is 2. The molecule has 142 valence electrons. The van der Waals surface area contributed by atoms with E-state index in [0.717, 1.165) is 31.5 Å². The molecule has 0 saturated heterocycles. The first-order valence-corrected chi connectivity index (χ1v) is 10.6. The molecular weight excluding hydrogens is 338 g/mol. The number of benzene rings is 1. The van der Waals surface area contributed by atoms with Crippen LogP contribution in [-0.2, 0) is 14.8 Å². The maximum absolute atomic E-state index is 12.2. The highest BCUT2D eigenvalue weighted by Crippen LogP contribution is 2.17. The predicted octanol–water partition coefficient (Wildman–Crippen LogP) is 2.78. The van der Waals surface area contributed by atoms with Gasteiger partial charge in [-0.2, -0.15) is 4.31 Å². The van der Waals surface area contributed by atoms with Crippen LogP contribution >= 0.6 is 0 Å². The highest BCUT2D eigenvalue weighted by atomic mass is 32.2. The zero-order chi connectivity index (χ0) is 19.0. The van der Waals surface area contributed by atoms with Gasteiger partial charge in [-0.05, 0) is 50.5 Å². The summed E-state index contributed by atoms with van der Waals surface area (Å²) in [5.41, 5.74) is 1.76. The lowest BCUT2D eigenvalue weighted by atomic mass is 10.1. The van der Waals surface area contributed by atoms with Crippen molar-refractivity contribution in [3.63, 3.8) is 0 Å². The fourth-order valence-electron chi connectivity index (χ4n) is 2.47. The first-order chi connectivity index (χ1) is 11.7. The molecule has 0 heterocycles.